The summed E-state index contributed by atoms with van der Waals surface area (Å²) in [5.74, 6) is 1.27. The van der Waals surface area contributed by atoms with Crippen LogP contribution in [0, 0.1) is 0 Å². The van der Waals surface area contributed by atoms with E-state index >= 15 is 0 Å². The van der Waals surface area contributed by atoms with E-state index in [1.807, 2.05) is 30.3 Å². The molecule has 4 heteroatoms. The third kappa shape index (κ3) is 1.95. The number of alkyl halides is 1. The van der Waals surface area contributed by atoms with Gasteiger partial charge in [0.25, 0.3) is 0 Å². The second-order valence-electron chi connectivity index (χ2n) is 4.79. The van der Waals surface area contributed by atoms with E-state index in [-0.39, 0.29) is 10.8 Å². The molecule has 0 spiro atoms. The van der Waals surface area contributed by atoms with E-state index in [0.29, 0.717) is 5.89 Å². The predicted octanol–water partition coefficient (Wildman–Crippen LogP) is 3.45. The second kappa shape index (κ2) is 3.84. The van der Waals surface area contributed by atoms with Gasteiger partial charge < -0.3 is 4.52 Å². The van der Waals surface area contributed by atoms with Gasteiger partial charge in [-0.2, -0.15) is 4.98 Å². The lowest BCUT2D eigenvalue weighted by Crippen LogP contribution is -2.02. The Kier molecular flexibility index (Phi) is 2.44. The Morgan fingerprint density at radius 2 is 2.00 bits per heavy atom. The fourth-order valence-electron chi connectivity index (χ4n) is 1.76. The van der Waals surface area contributed by atoms with Gasteiger partial charge in [0, 0.05) is 5.41 Å². The molecule has 3 rings (SSSR count). The van der Waals surface area contributed by atoms with Crippen LogP contribution < -0.4 is 0 Å². The Bertz CT molecular complexity index is 519. The lowest BCUT2D eigenvalue weighted by molar-refractivity contribution is 0.373. The fraction of sp³-hybridized carbons (Fsp3) is 0.385. The van der Waals surface area contributed by atoms with E-state index in [0.717, 1.165) is 24.2 Å². The van der Waals surface area contributed by atoms with Gasteiger partial charge in [0.1, 0.15) is 5.38 Å². The summed E-state index contributed by atoms with van der Waals surface area (Å²) in [6.45, 7) is 2.15. The van der Waals surface area contributed by atoms with Crippen LogP contribution in [0.15, 0.2) is 34.9 Å². The maximum atomic E-state index is 6.32. The molecule has 1 unspecified atom stereocenters. The normalized spacial score (nSPS) is 18.9. The summed E-state index contributed by atoms with van der Waals surface area (Å²) in [4.78, 5) is 4.41. The lowest BCUT2D eigenvalue weighted by Gasteiger charge is -2.03. The van der Waals surface area contributed by atoms with E-state index in [2.05, 4.69) is 17.1 Å². The van der Waals surface area contributed by atoms with Crippen LogP contribution in [0.5, 0.6) is 0 Å². The Morgan fingerprint density at radius 1 is 1.29 bits per heavy atom. The highest BCUT2D eigenvalue weighted by Crippen LogP contribution is 2.46. The largest absolute Gasteiger partial charge is 0.337 e. The molecule has 1 aliphatic carbocycles. The zero-order valence-corrected chi connectivity index (χ0v) is 10.3. The molecule has 0 radical (unpaired) electrons. The quantitative estimate of drug-likeness (QED) is 0.781. The molecule has 17 heavy (non-hydrogen) atoms. The first kappa shape index (κ1) is 10.8. The molecule has 0 bridgehead atoms. The summed E-state index contributed by atoms with van der Waals surface area (Å²) >= 11 is 6.32. The van der Waals surface area contributed by atoms with Crippen molar-refractivity contribution in [2.24, 2.45) is 0 Å². The first-order valence-electron chi connectivity index (χ1n) is 5.72. The maximum Gasteiger partial charge on any atom is 0.249 e. The Morgan fingerprint density at radius 3 is 2.65 bits per heavy atom. The van der Waals surface area contributed by atoms with Crippen molar-refractivity contribution in [3.8, 4) is 0 Å². The van der Waals surface area contributed by atoms with Gasteiger partial charge in [-0.1, -0.05) is 42.4 Å². The van der Waals surface area contributed by atoms with Crippen LogP contribution in [-0.2, 0) is 5.41 Å². The summed E-state index contributed by atoms with van der Waals surface area (Å²) in [5.41, 5.74) is 1.10. The van der Waals surface area contributed by atoms with Crippen molar-refractivity contribution in [1.82, 2.24) is 10.1 Å². The van der Waals surface area contributed by atoms with E-state index in [9.17, 15) is 0 Å². The van der Waals surface area contributed by atoms with Gasteiger partial charge in [0.2, 0.25) is 5.89 Å². The maximum absolute atomic E-state index is 6.32. The molecule has 1 aromatic heterocycles. The highest BCUT2D eigenvalue weighted by molar-refractivity contribution is 6.22. The summed E-state index contributed by atoms with van der Waals surface area (Å²) in [6, 6.07) is 9.77. The average Bonchev–Trinajstić information content (AvgIpc) is 2.94. The Labute approximate surface area is 105 Å². The minimum absolute atomic E-state index is 0.120. The van der Waals surface area contributed by atoms with Crippen molar-refractivity contribution in [2.45, 2.75) is 30.6 Å². The summed E-state index contributed by atoms with van der Waals surface area (Å²) in [7, 11) is 0. The van der Waals surface area contributed by atoms with Crippen LogP contribution in [0.3, 0.4) is 0 Å². The molecular formula is C13H13ClN2O. The second-order valence-corrected chi connectivity index (χ2v) is 5.23. The predicted molar refractivity (Wildman–Crippen MR) is 65.0 cm³/mol. The third-order valence-electron chi connectivity index (χ3n) is 3.29. The molecule has 3 nitrogen and oxygen atoms in total. The molecule has 1 heterocycles. The van der Waals surface area contributed by atoms with E-state index in [1.54, 1.807) is 0 Å². The van der Waals surface area contributed by atoms with E-state index in [4.69, 9.17) is 16.1 Å². The molecule has 0 saturated heterocycles. The molecule has 0 N–H and O–H groups in total. The van der Waals surface area contributed by atoms with Gasteiger partial charge in [0.15, 0.2) is 5.82 Å². The van der Waals surface area contributed by atoms with Crippen molar-refractivity contribution in [3.63, 3.8) is 0 Å². The zero-order valence-electron chi connectivity index (χ0n) is 9.56. The van der Waals surface area contributed by atoms with Crippen molar-refractivity contribution in [3.05, 3.63) is 47.6 Å². The van der Waals surface area contributed by atoms with E-state index < -0.39 is 0 Å². The van der Waals surface area contributed by atoms with Gasteiger partial charge >= 0.3 is 0 Å². The molecule has 0 amide bonds. The number of hydrogen-bond acceptors (Lipinski definition) is 3. The highest BCUT2D eigenvalue weighted by Gasteiger charge is 2.43. The van der Waals surface area contributed by atoms with Gasteiger partial charge in [-0.05, 0) is 18.4 Å². The number of hydrogen-bond donors (Lipinski definition) is 0. The highest BCUT2D eigenvalue weighted by atomic mass is 35.5. The molecule has 1 saturated carbocycles. The van der Waals surface area contributed by atoms with Crippen molar-refractivity contribution >= 4 is 11.6 Å². The first-order valence-corrected chi connectivity index (χ1v) is 6.16. The van der Waals surface area contributed by atoms with Crippen LogP contribution in [0.1, 0.15) is 42.4 Å². The summed E-state index contributed by atoms with van der Waals surface area (Å²) in [5, 5.41) is 3.66. The van der Waals surface area contributed by atoms with Crippen LogP contribution in [0.4, 0.5) is 0 Å². The van der Waals surface area contributed by atoms with Crippen LogP contribution >= 0.6 is 11.6 Å². The van der Waals surface area contributed by atoms with Crippen LogP contribution in [-0.4, -0.2) is 10.1 Å². The number of benzene rings is 1. The van der Waals surface area contributed by atoms with Gasteiger partial charge in [-0.3, -0.25) is 0 Å². The standard InChI is InChI=1S/C13H13ClN2O/c1-13(7-8-13)12-15-11(17-16-12)10(14)9-5-3-2-4-6-9/h2-6,10H,7-8H2,1H3. The molecule has 88 valence electrons. The van der Waals surface area contributed by atoms with Crippen LogP contribution in [0.2, 0.25) is 0 Å². The lowest BCUT2D eigenvalue weighted by atomic mass is 10.1. The fourth-order valence-corrected chi connectivity index (χ4v) is 1.99. The number of rotatable bonds is 3. The molecule has 1 aromatic carbocycles. The third-order valence-corrected chi connectivity index (χ3v) is 3.73. The van der Waals surface area contributed by atoms with Crippen molar-refractivity contribution in [1.29, 1.82) is 0 Å². The molecule has 1 atom stereocenters. The SMILES string of the molecule is CC1(c2noc(C(Cl)c3ccccc3)n2)CC1. The first-order chi connectivity index (χ1) is 8.19. The zero-order chi connectivity index (χ0) is 11.9. The van der Waals surface area contributed by atoms with E-state index in [1.165, 1.54) is 0 Å². The number of nitrogens with zero attached hydrogens (tertiary/aromatic N) is 2. The van der Waals surface area contributed by atoms with Crippen molar-refractivity contribution < 1.29 is 4.52 Å². The van der Waals surface area contributed by atoms with Crippen LogP contribution in [0.25, 0.3) is 0 Å². The Balaban J connectivity index is 1.87. The topological polar surface area (TPSA) is 38.9 Å². The molecule has 0 aliphatic heterocycles. The molecule has 1 fully saturated rings. The minimum Gasteiger partial charge on any atom is -0.337 e. The minimum atomic E-state index is -0.361. The van der Waals surface area contributed by atoms with Gasteiger partial charge in [-0.25, -0.2) is 0 Å². The number of halogens is 1. The average molecular weight is 249 g/mol. The smallest absolute Gasteiger partial charge is 0.249 e. The molecule has 2 aromatic rings. The van der Waals surface area contributed by atoms with Gasteiger partial charge in [0.05, 0.1) is 0 Å². The van der Waals surface area contributed by atoms with Gasteiger partial charge in [-0.15, -0.1) is 11.6 Å². The molecule has 1 aliphatic rings. The summed E-state index contributed by atoms with van der Waals surface area (Å²) in [6.07, 6.45) is 2.26. The number of aromatic nitrogens is 2. The summed E-state index contributed by atoms with van der Waals surface area (Å²) < 4.78 is 5.25. The monoisotopic (exact) mass is 248 g/mol. The Hall–Kier alpha value is -1.35. The molecular weight excluding hydrogens is 236 g/mol. The van der Waals surface area contributed by atoms with Crippen molar-refractivity contribution in [2.75, 3.05) is 0 Å².